The minimum atomic E-state index is -0.160. The molecule has 0 saturated heterocycles. The maximum Gasteiger partial charge on any atom is 0.307 e. The van der Waals surface area contributed by atoms with Crippen LogP contribution in [-0.2, 0) is 9.53 Å². The van der Waals surface area contributed by atoms with E-state index in [0.29, 0.717) is 13.0 Å². The van der Waals surface area contributed by atoms with E-state index < -0.39 is 0 Å². The van der Waals surface area contributed by atoms with Gasteiger partial charge in [0, 0.05) is 6.54 Å². The molecule has 3 nitrogen and oxygen atoms in total. The van der Waals surface area contributed by atoms with Crippen molar-refractivity contribution in [2.45, 2.75) is 13.3 Å². The van der Waals surface area contributed by atoms with Crippen molar-refractivity contribution in [3.8, 4) is 0 Å². The van der Waals surface area contributed by atoms with Crippen LogP contribution in [0.2, 0.25) is 0 Å². The fourth-order valence-electron chi connectivity index (χ4n) is 0.591. The molecule has 0 aliphatic heterocycles. The van der Waals surface area contributed by atoms with Crippen molar-refractivity contribution in [1.29, 1.82) is 0 Å². The zero-order valence-corrected chi connectivity index (χ0v) is 8.09. The van der Waals surface area contributed by atoms with E-state index in [2.05, 4.69) is 6.58 Å². The van der Waals surface area contributed by atoms with Crippen molar-refractivity contribution < 1.29 is 9.53 Å². The second-order valence-electron chi connectivity index (χ2n) is 3.17. The Hall–Kier alpha value is -0.830. The van der Waals surface area contributed by atoms with E-state index >= 15 is 0 Å². The predicted octanol–water partition coefficient (Wildman–Crippen LogP) is 1.06. The Morgan fingerprint density at radius 1 is 1.50 bits per heavy atom. The third-order valence-electron chi connectivity index (χ3n) is 1.24. The molecule has 0 N–H and O–H groups in total. The molecular formula is C9H17NO2. The smallest absolute Gasteiger partial charge is 0.307 e. The van der Waals surface area contributed by atoms with E-state index in [1.165, 1.54) is 0 Å². The molecule has 0 aromatic carbocycles. The number of nitrogens with zero attached hydrogens (tertiary/aromatic N) is 1. The fraction of sp³-hybridized carbons (Fsp3) is 0.667. The van der Waals surface area contributed by atoms with Gasteiger partial charge in [0.15, 0.2) is 0 Å². The maximum atomic E-state index is 11.0. The molecule has 0 spiro atoms. The van der Waals surface area contributed by atoms with E-state index in [1.54, 1.807) is 0 Å². The van der Waals surface area contributed by atoms with Crippen LogP contribution in [0.15, 0.2) is 12.2 Å². The van der Waals surface area contributed by atoms with Crippen molar-refractivity contribution in [2.75, 3.05) is 27.2 Å². The van der Waals surface area contributed by atoms with Crippen molar-refractivity contribution in [1.82, 2.24) is 4.90 Å². The van der Waals surface area contributed by atoms with Crippen LogP contribution in [0.3, 0.4) is 0 Å². The van der Waals surface area contributed by atoms with Crippen LogP contribution in [0, 0.1) is 0 Å². The van der Waals surface area contributed by atoms with Gasteiger partial charge >= 0.3 is 5.97 Å². The molecule has 0 heterocycles. The summed E-state index contributed by atoms with van der Waals surface area (Å²) in [6, 6.07) is 0. The Labute approximate surface area is 74.0 Å². The van der Waals surface area contributed by atoms with Crippen LogP contribution in [0.1, 0.15) is 13.3 Å². The first-order valence-electron chi connectivity index (χ1n) is 3.97. The Bertz CT molecular complexity index is 164. The van der Waals surface area contributed by atoms with Crippen molar-refractivity contribution >= 4 is 5.97 Å². The molecule has 0 atom stereocenters. The van der Waals surface area contributed by atoms with E-state index in [9.17, 15) is 4.79 Å². The summed E-state index contributed by atoms with van der Waals surface area (Å²) in [4.78, 5) is 12.9. The van der Waals surface area contributed by atoms with Crippen LogP contribution < -0.4 is 0 Å². The topological polar surface area (TPSA) is 29.5 Å². The Balaban J connectivity index is 3.40. The van der Waals surface area contributed by atoms with Crippen molar-refractivity contribution in [3.05, 3.63) is 12.2 Å². The molecular weight excluding hydrogens is 154 g/mol. The fourth-order valence-corrected chi connectivity index (χ4v) is 0.591. The van der Waals surface area contributed by atoms with Crippen molar-refractivity contribution in [2.24, 2.45) is 0 Å². The van der Waals surface area contributed by atoms with Gasteiger partial charge in [-0.15, -0.1) is 0 Å². The highest BCUT2D eigenvalue weighted by Gasteiger charge is 2.02. The summed E-state index contributed by atoms with van der Waals surface area (Å²) in [6.45, 7) is 6.54. The first kappa shape index (κ1) is 11.2. The lowest BCUT2D eigenvalue weighted by atomic mass is 10.4. The van der Waals surface area contributed by atoms with Gasteiger partial charge in [0.1, 0.15) is 6.61 Å². The molecule has 0 amide bonds. The summed E-state index contributed by atoms with van der Waals surface area (Å²) in [6.07, 6.45) is 0.445. The number of carbonyl (C=O) groups excluding carboxylic acids is 1. The van der Waals surface area contributed by atoms with Gasteiger partial charge in [0.05, 0.1) is 6.42 Å². The first-order valence-corrected chi connectivity index (χ1v) is 3.97. The lowest BCUT2D eigenvalue weighted by molar-refractivity contribution is -0.142. The average Bonchev–Trinajstić information content (AvgIpc) is 1.96. The number of carbonyl (C=O) groups is 1. The number of hydrogen-bond acceptors (Lipinski definition) is 3. The van der Waals surface area contributed by atoms with Gasteiger partial charge in [0.25, 0.3) is 0 Å². The van der Waals surface area contributed by atoms with Gasteiger partial charge in [-0.2, -0.15) is 0 Å². The third kappa shape index (κ3) is 7.28. The maximum absolute atomic E-state index is 11.0. The highest BCUT2D eigenvalue weighted by Crippen LogP contribution is 1.92. The molecule has 0 unspecified atom stereocenters. The molecule has 0 bridgehead atoms. The normalized spacial score (nSPS) is 10.0. The van der Waals surface area contributed by atoms with Gasteiger partial charge in [-0.05, 0) is 26.6 Å². The van der Waals surface area contributed by atoms with Crippen LogP contribution in [0.4, 0.5) is 0 Å². The second kappa shape index (κ2) is 5.77. The van der Waals surface area contributed by atoms with Gasteiger partial charge in [-0.1, -0.05) is 6.58 Å². The highest BCUT2D eigenvalue weighted by molar-refractivity contribution is 5.69. The lowest BCUT2D eigenvalue weighted by Gasteiger charge is -2.08. The Kier molecular flexibility index (Phi) is 5.37. The van der Waals surface area contributed by atoms with Crippen LogP contribution >= 0.6 is 0 Å². The number of rotatable bonds is 5. The third-order valence-corrected chi connectivity index (χ3v) is 1.24. The van der Waals surface area contributed by atoms with Gasteiger partial charge in [-0.3, -0.25) is 4.79 Å². The molecule has 3 heteroatoms. The average molecular weight is 171 g/mol. The summed E-state index contributed by atoms with van der Waals surface area (Å²) >= 11 is 0. The van der Waals surface area contributed by atoms with E-state index in [0.717, 1.165) is 12.1 Å². The van der Waals surface area contributed by atoms with Gasteiger partial charge < -0.3 is 9.64 Å². The second-order valence-corrected chi connectivity index (χ2v) is 3.17. The quantitative estimate of drug-likeness (QED) is 0.457. The van der Waals surface area contributed by atoms with Gasteiger partial charge in [-0.25, -0.2) is 0 Å². The summed E-state index contributed by atoms with van der Waals surface area (Å²) in [5.41, 5.74) is 0.869. The molecule has 0 aliphatic carbocycles. The molecule has 0 fully saturated rings. The Morgan fingerprint density at radius 2 is 2.08 bits per heavy atom. The first-order chi connectivity index (χ1) is 5.52. The van der Waals surface area contributed by atoms with Crippen LogP contribution in [0.25, 0.3) is 0 Å². The Morgan fingerprint density at radius 3 is 2.50 bits per heavy atom. The SMILES string of the molecule is C=C(C)COC(=O)CCN(C)C. The van der Waals surface area contributed by atoms with Crippen LogP contribution in [0.5, 0.6) is 0 Å². The minimum Gasteiger partial charge on any atom is -0.461 e. The summed E-state index contributed by atoms with van der Waals surface area (Å²) in [7, 11) is 3.85. The standard InChI is InChI=1S/C9H17NO2/c1-8(2)7-12-9(11)5-6-10(3)4/h1,5-7H2,2-4H3. The van der Waals surface area contributed by atoms with Gasteiger partial charge in [0.2, 0.25) is 0 Å². The monoisotopic (exact) mass is 171 g/mol. The number of esters is 1. The van der Waals surface area contributed by atoms with E-state index in [4.69, 9.17) is 4.74 Å². The highest BCUT2D eigenvalue weighted by atomic mass is 16.5. The molecule has 0 aromatic heterocycles. The van der Waals surface area contributed by atoms with Crippen LogP contribution in [-0.4, -0.2) is 38.1 Å². The minimum absolute atomic E-state index is 0.160. The lowest BCUT2D eigenvalue weighted by Crippen LogP contribution is -2.18. The summed E-state index contributed by atoms with van der Waals surface area (Å²) in [5.74, 6) is -0.160. The largest absolute Gasteiger partial charge is 0.461 e. The summed E-state index contributed by atoms with van der Waals surface area (Å²) in [5, 5.41) is 0. The molecule has 12 heavy (non-hydrogen) atoms. The zero-order valence-electron chi connectivity index (χ0n) is 8.09. The van der Waals surface area contributed by atoms with Crippen molar-refractivity contribution in [3.63, 3.8) is 0 Å². The molecule has 0 saturated carbocycles. The van der Waals surface area contributed by atoms with E-state index in [-0.39, 0.29) is 5.97 Å². The molecule has 70 valence electrons. The molecule has 0 aromatic rings. The summed E-state index contributed by atoms with van der Waals surface area (Å²) < 4.78 is 4.89. The van der Waals surface area contributed by atoms with E-state index in [1.807, 2.05) is 25.9 Å². The number of ether oxygens (including phenoxy) is 1. The number of hydrogen-bond donors (Lipinski definition) is 0. The molecule has 0 rings (SSSR count). The molecule has 0 aliphatic rings. The molecule has 0 radical (unpaired) electrons. The predicted molar refractivity (Wildman–Crippen MR) is 48.9 cm³/mol. The zero-order chi connectivity index (χ0) is 9.56.